The molecule has 2 aromatic rings. The van der Waals surface area contributed by atoms with Gasteiger partial charge in [0.2, 0.25) is 12.3 Å². The fourth-order valence-corrected chi connectivity index (χ4v) is 4.56. The topological polar surface area (TPSA) is 152 Å². The number of amides is 4. The maximum Gasteiger partial charge on any atom is 0.436 e. The van der Waals surface area contributed by atoms with Gasteiger partial charge in [-0.3, -0.25) is 14.9 Å². The number of hydrogen-bond donors (Lipinski definition) is 3. The summed E-state index contributed by atoms with van der Waals surface area (Å²) in [7, 11) is 0. The molecule has 4 N–H and O–H groups in total. The molecular weight excluding hydrogens is 598 g/mol. The molecule has 1 aliphatic heterocycles. The first kappa shape index (κ1) is 40.8. The lowest BCUT2D eigenvalue weighted by molar-refractivity contribution is -0.123. The van der Waals surface area contributed by atoms with Crippen molar-refractivity contribution >= 4 is 36.0 Å². The zero-order valence-electron chi connectivity index (χ0n) is 30.0. The van der Waals surface area contributed by atoms with Crippen LogP contribution in [0.15, 0.2) is 47.5 Å². The van der Waals surface area contributed by atoms with Gasteiger partial charge in [0, 0.05) is 24.6 Å². The molecule has 0 bridgehead atoms. The molecule has 0 aromatic heterocycles. The number of carbonyl (C=O) groups is 4. The third-order valence-corrected chi connectivity index (χ3v) is 6.41. The highest BCUT2D eigenvalue weighted by Crippen LogP contribution is 2.35. The van der Waals surface area contributed by atoms with E-state index in [0.717, 1.165) is 28.8 Å². The van der Waals surface area contributed by atoms with Gasteiger partial charge in [0.15, 0.2) is 0 Å². The minimum absolute atomic E-state index is 0.0279. The van der Waals surface area contributed by atoms with Crippen LogP contribution in [0.5, 0.6) is 0 Å². The van der Waals surface area contributed by atoms with Crippen LogP contribution < -0.4 is 21.3 Å². The first-order chi connectivity index (χ1) is 22.1. The highest BCUT2D eigenvalue weighted by molar-refractivity contribution is 6.10. The largest absolute Gasteiger partial charge is 0.444 e. The average Bonchev–Trinajstić information content (AvgIpc) is 3.38. The van der Waals surface area contributed by atoms with Crippen molar-refractivity contribution in [2.75, 3.05) is 4.90 Å². The van der Waals surface area contributed by atoms with Gasteiger partial charge in [0.1, 0.15) is 23.1 Å². The minimum atomic E-state index is -0.868. The number of para-hydroxylation sites is 1. The van der Waals surface area contributed by atoms with E-state index in [2.05, 4.69) is 15.6 Å². The summed E-state index contributed by atoms with van der Waals surface area (Å²) < 4.78 is 10.6. The van der Waals surface area contributed by atoms with E-state index in [1.165, 1.54) is 4.90 Å². The van der Waals surface area contributed by atoms with Gasteiger partial charge in [-0.1, -0.05) is 70.2 Å². The number of aliphatic imine (C=N–C) groups is 1. The SMILES string of the molecule is CC.CC.CC(N)CCc1cccc2c1N(C=O)C(C(=O)NCc1ccc(/C(=N\C(=O)OC(C)(C)C)NC(=O)OC(C)(C)C)cc1)C2. The number of ether oxygens (including phenoxy) is 2. The number of aryl methyl sites for hydroxylation is 1. The van der Waals surface area contributed by atoms with Gasteiger partial charge < -0.3 is 25.4 Å². The van der Waals surface area contributed by atoms with Crippen LogP contribution in [0.25, 0.3) is 0 Å². The Balaban J connectivity index is 0.00000265. The van der Waals surface area contributed by atoms with Gasteiger partial charge in [-0.15, -0.1) is 0 Å². The number of alkyl carbamates (subject to hydrolysis) is 1. The van der Waals surface area contributed by atoms with Gasteiger partial charge >= 0.3 is 12.2 Å². The smallest absolute Gasteiger partial charge is 0.436 e. The molecule has 1 aliphatic rings. The second-order valence-corrected chi connectivity index (χ2v) is 12.7. The van der Waals surface area contributed by atoms with Crippen LogP contribution >= 0.6 is 0 Å². The summed E-state index contributed by atoms with van der Waals surface area (Å²) in [6.07, 6.45) is 0.980. The van der Waals surface area contributed by atoms with Crippen LogP contribution in [-0.2, 0) is 38.4 Å². The highest BCUT2D eigenvalue weighted by atomic mass is 16.6. The lowest BCUT2D eigenvalue weighted by atomic mass is 10.0. The summed E-state index contributed by atoms with van der Waals surface area (Å²) in [5.41, 5.74) is 8.34. The number of anilines is 1. The average molecular weight is 654 g/mol. The first-order valence-electron chi connectivity index (χ1n) is 16.3. The van der Waals surface area contributed by atoms with Crippen molar-refractivity contribution in [3.8, 4) is 0 Å². The Morgan fingerprint density at radius 2 is 1.57 bits per heavy atom. The highest BCUT2D eigenvalue weighted by Gasteiger charge is 2.35. The Labute approximate surface area is 280 Å². The summed E-state index contributed by atoms with van der Waals surface area (Å²) in [4.78, 5) is 55.6. The molecule has 0 aliphatic carbocycles. The van der Waals surface area contributed by atoms with Crippen molar-refractivity contribution in [1.29, 1.82) is 0 Å². The number of hydrogen-bond acceptors (Lipinski definition) is 7. The molecule has 4 amide bonds. The Morgan fingerprint density at radius 3 is 2.11 bits per heavy atom. The monoisotopic (exact) mass is 653 g/mol. The molecule has 0 saturated carbocycles. The maximum atomic E-state index is 13.2. The molecule has 0 radical (unpaired) electrons. The van der Waals surface area contributed by atoms with Crippen molar-refractivity contribution in [2.24, 2.45) is 10.7 Å². The van der Waals surface area contributed by atoms with Crippen LogP contribution in [-0.4, -0.2) is 53.6 Å². The quantitative estimate of drug-likeness (QED) is 0.169. The summed E-state index contributed by atoms with van der Waals surface area (Å²) in [6.45, 7) is 20.4. The van der Waals surface area contributed by atoms with E-state index >= 15 is 0 Å². The molecule has 47 heavy (non-hydrogen) atoms. The van der Waals surface area contributed by atoms with Gasteiger partial charge in [-0.25, -0.2) is 9.59 Å². The van der Waals surface area contributed by atoms with Crippen molar-refractivity contribution < 1.29 is 28.7 Å². The molecule has 3 rings (SSSR count). The number of amidine groups is 1. The molecule has 260 valence electrons. The molecule has 0 saturated heterocycles. The van der Waals surface area contributed by atoms with Gasteiger partial charge in [0.05, 0.1) is 5.69 Å². The van der Waals surface area contributed by atoms with Crippen LogP contribution in [0.4, 0.5) is 15.3 Å². The summed E-state index contributed by atoms with van der Waals surface area (Å²) >= 11 is 0. The number of nitrogens with zero attached hydrogens (tertiary/aromatic N) is 2. The molecule has 2 unspecified atom stereocenters. The van der Waals surface area contributed by atoms with E-state index in [9.17, 15) is 19.2 Å². The van der Waals surface area contributed by atoms with Crippen LogP contribution in [0, 0.1) is 0 Å². The number of benzene rings is 2. The number of fused-ring (bicyclic) bond motifs is 1. The second kappa shape index (κ2) is 18.8. The maximum absolute atomic E-state index is 13.2. The minimum Gasteiger partial charge on any atom is -0.444 e. The van der Waals surface area contributed by atoms with Crippen molar-refractivity contribution in [3.05, 3.63) is 64.7 Å². The molecular formula is C36H55N5O6. The number of nitrogens with two attached hydrogens (primary N) is 1. The fraction of sp³-hybridized carbons (Fsp3) is 0.528. The van der Waals surface area contributed by atoms with Gasteiger partial charge in [-0.2, -0.15) is 4.99 Å². The zero-order valence-corrected chi connectivity index (χ0v) is 30.0. The molecule has 11 heteroatoms. The summed E-state index contributed by atoms with van der Waals surface area (Å²) in [5, 5.41) is 5.45. The van der Waals surface area contributed by atoms with E-state index < -0.39 is 29.4 Å². The van der Waals surface area contributed by atoms with Gasteiger partial charge in [0.25, 0.3) is 0 Å². The Morgan fingerprint density at radius 1 is 0.979 bits per heavy atom. The second-order valence-electron chi connectivity index (χ2n) is 12.7. The van der Waals surface area contributed by atoms with E-state index in [4.69, 9.17) is 15.2 Å². The molecule has 0 spiro atoms. The molecule has 11 nitrogen and oxygen atoms in total. The Hall–Kier alpha value is -4.25. The predicted octanol–water partition coefficient (Wildman–Crippen LogP) is 6.43. The van der Waals surface area contributed by atoms with Crippen molar-refractivity contribution in [3.63, 3.8) is 0 Å². The predicted molar refractivity (Wildman–Crippen MR) is 188 cm³/mol. The lowest BCUT2D eigenvalue weighted by Gasteiger charge is -2.22. The third kappa shape index (κ3) is 13.6. The van der Waals surface area contributed by atoms with Crippen LogP contribution in [0.3, 0.4) is 0 Å². The lowest BCUT2D eigenvalue weighted by Crippen LogP contribution is -2.44. The number of nitrogens with one attached hydrogen (secondary N) is 2. The van der Waals surface area contributed by atoms with E-state index in [1.807, 2.05) is 52.8 Å². The summed E-state index contributed by atoms with van der Waals surface area (Å²) in [5.74, 6) is -0.312. The van der Waals surface area contributed by atoms with Crippen molar-refractivity contribution in [1.82, 2.24) is 10.6 Å². The number of rotatable bonds is 8. The summed E-state index contributed by atoms with van der Waals surface area (Å²) in [6, 6.07) is 12.0. The molecule has 0 fully saturated rings. The van der Waals surface area contributed by atoms with E-state index in [0.29, 0.717) is 24.8 Å². The van der Waals surface area contributed by atoms with E-state index in [1.54, 1.807) is 65.8 Å². The van der Waals surface area contributed by atoms with Gasteiger partial charge in [-0.05, 0) is 78.0 Å². The third-order valence-electron chi connectivity index (χ3n) is 6.41. The van der Waals surface area contributed by atoms with Crippen LogP contribution in [0.2, 0.25) is 0 Å². The standard InChI is InChI=1S/C32H43N5O6.2C2H6/c1-20(33)11-14-22-9-8-10-24-17-25(37(19-38)26(22)24)28(39)34-18-21-12-15-23(16-13-21)27(35-29(40)42-31(2,3)4)36-30(41)43-32(5,6)7;2*1-2/h8-10,12-13,15-16,19-20,25H,11,14,17-18,33H2,1-7H3,(H,34,39)(H,35,36,40,41);2*1-2H3. The number of carbonyl (C=O) groups excluding carboxylic acids is 4. The molecule has 2 aromatic carbocycles. The van der Waals surface area contributed by atoms with Crippen LogP contribution in [0.1, 0.15) is 105 Å². The zero-order chi connectivity index (χ0) is 35.9. The fourth-order valence-electron chi connectivity index (χ4n) is 4.56. The van der Waals surface area contributed by atoms with E-state index in [-0.39, 0.29) is 24.3 Å². The normalized spacial score (nSPS) is 14.7. The first-order valence-corrected chi connectivity index (χ1v) is 16.3. The molecule has 2 atom stereocenters. The van der Waals surface area contributed by atoms with Crippen molar-refractivity contribution in [2.45, 2.75) is 125 Å². The molecule has 1 heterocycles. The Kier molecular flexibility index (Phi) is 16.3. The Bertz CT molecular complexity index is 1360.